The third-order valence-electron chi connectivity index (χ3n) is 4.96. The fraction of sp³-hybridized carbons (Fsp3) is 0.182. The second kappa shape index (κ2) is 8.57. The first kappa shape index (κ1) is 19.3. The van der Waals surface area contributed by atoms with Gasteiger partial charge in [-0.15, -0.1) is 10.2 Å². The number of nitriles is 1. The van der Waals surface area contributed by atoms with Crippen LogP contribution in [0.3, 0.4) is 0 Å². The van der Waals surface area contributed by atoms with Crippen molar-refractivity contribution in [3.8, 4) is 6.07 Å². The highest BCUT2D eigenvalue weighted by molar-refractivity contribution is 6.02. The van der Waals surface area contributed by atoms with Crippen molar-refractivity contribution in [2.24, 2.45) is 0 Å². The van der Waals surface area contributed by atoms with Crippen molar-refractivity contribution >= 4 is 23.1 Å². The molecule has 0 spiro atoms. The molecule has 0 aliphatic carbocycles. The zero-order chi connectivity index (χ0) is 20.9. The largest absolute Gasteiger partial charge is 0.367 e. The molecule has 1 amide bonds. The average molecular weight is 402 g/mol. The van der Waals surface area contributed by atoms with E-state index >= 15 is 0 Å². The highest BCUT2D eigenvalue weighted by Gasteiger charge is 2.22. The van der Waals surface area contributed by atoms with E-state index in [0.29, 0.717) is 43.4 Å². The number of amides is 1. The molecule has 0 saturated carbocycles. The van der Waals surface area contributed by atoms with Crippen LogP contribution in [0.15, 0.2) is 60.7 Å². The molecule has 7 nitrogen and oxygen atoms in total. The number of nitrogens with zero attached hydrogens (tertiary/aromatic N) is 5. The van der Waals surface area contributed by atoms with Gasteiger partial charge in [-0.05, 0) is 36.4 Å². The van der Waals surface area contributed by atoms with Crippen LogP contribution in [0.4, 0.5) is 21.6 Å². The number of halogens is 1. The highest BCUT2D eigenvalue weighted by atomic mass is 19.1. The summed E-state index contributed by atoms with van der Waals surface area (Å²) >= 11 is 0. The summed E-state index contributed by atoms with van der Waals surface area (Å²) in [5.41, 5.74) is 1.61. The molecule has 1 aromatic heterocycles. The van der Waals surface area contributed by atoms with Gasteiger partial charge < -0.3 is 15.1 Å². The van der Waals surface area contributed by atoms with E-state index in [1.165, 1.54) is 6.07 Å². The van der Waals surface area contributed by atoms with Crippen LogP contribution in [0.25, 0.3) is 0 Å². The van der Waals surface area contributed by atoms with E-state index in [9.17, 15) is 14.4 Å². The summed E-state index contributed by atoms with van der Waals surface area (Å²) in [6.45, 7) is 2.53. The van der Waals surface area contributed by atoms with Gasteiger partial charge in [-0.25, -0.2) is 4.39 Å². The molecule has 2 heterocycles. The predicted molar refractivity (Wildman–Crippen MR) is 112 cm³/mol. The Labute approximate surface area is 173 Å². The van der Waals surface area contributed by atoms with Crippen molar-refractivity contribution in [1.29, 1.82) is 5.26 Å². The molecule has 1 aliphatic heterocycles. The van der Waals surface area contributed by atoms with Crippen molar-refractivity contribution in [3.05, 3.63) is 77.7 Å². The SMILES string of the molecule is N#Cc1c(F)cccc1N1CCN(c2ccc(C(=O)Nc3ccccc3)nn2)CC1. The maximum Gasteiger partial charge on any atom is 0.276 e. The third-order valence-corrected chi connectivity index (χ3v) is 4.96. The number of hydrogen-bond acceptors (Lipinski definition) is 6. The van der Waals surface area contributed by atoms with Crippen LogP contribution in [-0.2, 0) is 0 Å². The molecule has 3 aromatic rings. The van der Waals surface area contributed by atoms with Gasteiger partial charge in [-0.3, -0.25) is 4.79 Å². The normalized spacial score (nSPS) is 13.6. The average Bonchev–Trinajstić information content (AvgIpc) is 2.80. The fourth-order valence-corrected chi connectivity index (χ4v) is 3.40. The number of para-hydroxylation sites is 1. The number of hydrogen-bond donors (Lipinski definition) is 1. The monoisotopic (exact) mass is 402 g/mol. The van der Waals surface area contributed by atoms with Gasteiger partial charge in [-0.2, -0.15) is 5.26 Å². The van der Waals surface area contributed by atoms with Crippen LogP contribution < -0.4 is 15.1 Å². The molecule has 150 valence electrons. The first-order valence-corrected chi connectivity index (χ1v) is 9.54. The minimum atomic E-state index is -0.507. The second-order valence-corrected chi connectivity index (χ2v) is 6.82. The van der Waals surface area contributed by atoms with Gasteiger partial charge in [0.2, 0.25) is 0 Å². The molecule has 30 heavy (non-hydrogen) atoms. The molecule has 0 bridgehead atoms. The van der Waals surface area contributed by atoms with Crippen LogP contribution in [-0.4, -0.2) is 42.3 Å². The lowest BCUT2D eigenvalue weighted by Gasteiger charge is -2.36. The Morgan fingerprint density at radius 2 is 1.67 bits per heavy atom. The van der Waals surface area contributed by atoms with E-state index in [4.69, 9.17) is 0 Å². The Hall–Kier alpha value is -3.99. The molecule has 1 aliphatic rings. The third kappa shape index (κ3) is 4.05. The van der Waals surface area contributed by atoms with Gasteiger partial charge in [0.25, 0.3) is 5.91 Å². The fourth-order valence-electron chi connectivity index (χ4n) is 3.40. The highest BCUT2D eigenvalue weighted by Crippen LogP contribution is 2.24. The molecule has 8 heteroatoms. The topological polar surface area (TPSA) is 85.2 Å². The summed E-state index contributed by atoms with van der Waals surface area (Å²) < 4.78 is 13.9. The summed E-state index contributed by atoms with van der Waals surface area (Å²) in [5.74, 6) is -0.154. The van der Waals surface area contributed by atoms with Crippen LogP contribution in [0.1, 0.15) is 16.1 Å². The van der Waals surface area contributed by atoms with Crippen molar-refractivity contribution in [1.82, 2.24) is 10.2 Å². The van der Waals surface area contributed by atoms with E-state index in [2.05, 4.69) is 15.5 Å². The lowest BCUT2D eigenvalue weighted by Crippen LogP contribution is -2.47. The molecule has 0 atom stereocenters. The number of anilines is 3. The second-order valence-electron chi connectivity index (χ2n) is 6.82. The molecule has 1 N–H and O–H groups in total. The lowest BCUT2D eigenvalue weighted by atomic mass is 10.1. The van der Waals surface area contributed by atoms with Crippen molar-refractivity contribution in [2.75, 3.05) is 41.3 Å². The van der Waals surface area contributed by atoms with E-state index in [0.717, 1.165) is 0 Å². The maximum atomic E-state index is 13.9. The predicted octanol–water partition coefficient (Wildman–Crippen LogP) is 3.07. The number of piperazine rings is 1. The van der Waals surface area contributed by atoms with Crippen molar-refractivity contribution in [2.45, 2.75) is 0 Å². The number of nitrogens with one attached hydrogen (secondary N) is 1. The lowest BCUT2D eigenvalue weighted by molar-refractivity contribution is 0.102. The molecule has 1 saturated heterocycles. The summed E-state index contributed by atoms with van der Waals surface area (Å²) in [6, 6.07) is 19.2. The van der Waals surface area contributed by atoms with Gasteiger partial charge in [0.1, 0.15) is 17.4 Å². The number of carbonyl (C=O) groups is 1. The first-order valence-electron chi connectivity index (χ1n) is 9.54. The quantitative estimate of drug-likeness (QED) is 0.722. The van der Waals surface area contributed by atoms with E-state index in [1.807, 2.05) is 34.1 Å². The minimum Gasteiger partial charge on any atom is -0.367 e. The maximum absolute atomic E-state index is 13.9. The zero-order valence-electron chi connectivity index (χ0n) is 16.1. The zero-order valence-corrected chi connectivity index (χ0v) is 16.1. The Balaban J connectivity index is 1.39. The van der Waals surface area contributed by atoms with Gasteiger partial charge in [0.15, 0.2) is 11.5 Å². The summed E-state index contributed by atoms with van der Waals surface area (Å²) in [5, 5.41) is 20.3. The first-order chi connectivity index (χ1) is 14.7. The minimum absolute atomic E-state index is 0.0690. The van der Waals surface area contributed by atoms with Crippen LogP contribution in [0, 0.1) is 17.1 Å². The number of benzene rings is 2. The molecule has 4 rings (SSSR count). The standard InChI is InChI=1S/C22H19FN6O/c23-18-7-4-8-20(17(18)15-24)28-11-13-29(14-12-28)21-10-9-19(26-27-21)22(30)25-16-5-2-1-3-6-16/h1-10H,11-14H2,(H,25,30). The summed E-state index contributed by atoms with van der Waals surface area (Å²) in [4.78, 5) is 16.3. The van der Waals surface area contributed by atoms with Gasteiger partial charge >= 0.3 is 0 Å². The van der Waals surface area contributed by atoms with E-state index < -0.39 is 5.82 Å². The molecule has 1 fully saturated rings. The van der Waals surface area contributed by atoms with E-state index in [1.54, 1.807) is 36.4 Å². The molecular formula is C22H19FN6O. The molecule has 0 radical (unpaired) electrons. The molecule has 2 aromatic carbocycles. The van der Waals surface area contributed by atoms with Gasteiger partial charge in [0.05, 0.1) is 5.69 Å². The Morgan fingerprint density at radius 1 is 0.933 bits per heavy atom. The van der Waals surface area contributed by atoms with Crippen LogP contribution in [0.2, 0.25) is 0 Å². The van der Waals surface area contributed by atoms with Crippen LogP contribution >= 0.6 is 0 Å². The van der Waals surface area contributed by atoms with Crippen molar-refractivity contribution in [3.63, 3.8) is 0 Å². The Kier molecular flexibility index (Phi) is 5.52. The number of rotatable bonds is 4. The van der Waals surface area contributed by atoms with Crippen LogP contribution in [0.5, 0.6) is 0 Å². The Bertz CT molecular complexity index is 1070. The van der Waals surface area contributed by atoms with E-state index in [-0.39, 0.29) is 17.2 Å². The summed E-state index contributed by atoms with van der Waals surface area (Å²) in [7, 11) is 0. The molecule has 0 unspecified atom stereocenters. The van der Waals surface area contributed by atoms with Gasteiger partial charge in [-0.1, -0.05) is 24.3 Å². The summed E-state index contributed by atoms with van der Waals surface area (Å²) in [6.07, 6.45) is 0. The number of carbonyl (C=O) groups excluding carboxylic acids is 1. The smallest absolute Gasteiger partial charge is 0.276 e. The Morgan fingerprint density at radius 3 is 2.33 bits per heavy atom. The van der Waals surface area contributed by atoms with Crippen molar-refractivity contribution < 1.29 is 9.18 Å². The number of aromatic nitrogens is 2. The van der Waals surface area contributed by atoms with Gasteiger partial charge in [0, 0.05) is 31.9 Å². The molecular weight excluding hydrogens is 383 g/mol.